The van der Waals surface area contributed by atoms with Crippen LogP contribution in [0.2, 0.25) is 0 Å². The van der Waals surface area contributed by atoms with Gasteiger partial charge in [0.05, 0.1) is 31.5 Å². The van der Waals surface area contributed by atoms with Gasteiger partial charge in [-0.15, -0.1) is 0 Å². The number of aliphatic hydroxyl groups excluding tert-OH is 3. The lowest BCUT2D eigenvalue weighted by atomic mass is 9.59. The van der Waals surface area contributed by atoms with Crippen molar-refractivity contribution >= 4 is 11.9 Å². The van der Waals surface area contributed by atoms with Gasteiger partial charge in [0.1, 0.15) is 5.60 Å². The van der Waals surface area contributed by atoms with Crippen LogP contribution in [0.15, 0.2) is 0 Å². The number of hydrogen-bond acceptors (Lipinski definition) is 8. The van der Waals surface area contributed by atoms with Crippen molar-refractivity contribution in [3.63, 3.8) is 0 Å². The van der Waals surface area contributed by atoms with E-state index in [4.69, 9.17) is 9.47 Å². The smallest absolute Gasteiger partial charge is 0.305 e. The monoisotopic (exact) mass is 482 g/mol. The van der Waals surface area contributed by atoms with Gasteiger partial charge in [-0.05, 0) is 68.1 Å². The fourth-order valence-corrected chi connectivity index (χ4v) is 8.44. The molecule has 0 saturated heterocycles. The number of esters is 2. The molecule has 34 heavy (non-hydrogen) atoms. The Morgan fingerprint density at radius 3 is 2.38 bits per heavy atom. The van der Waals surface area contributed by atoms with Crippen molar-refractivity contribution in [1.29, 1.82) is 0 Å². The van der Waals surface area contributed by atoms with Gasteiger partial charge in [0.15, 0.2) is 0 Å². The number of carbonyl (C=O) groups excluding carboxylic acids is 2. The Labute approximate surface area is 202 Å². The Hall–Kier alpha value is -1.22. The van der Waals surface area contributed by atoms with E-state index in [1.165, 1.54) is 6.92 Å². The van der Waals surface area contributed by atoms with Crippen molar-refractivity contribution in [3.8, 4) is 0 Å². The van der Waals surface area contributed by atoms with Crippen LogP contribution in [0.1, 0.15) is 72.6 Å². The third kappa shape index (κ3) is 3.80. The average molecular weight is 483 g/mol. The summed E-state index contributed by atoms with van der Waals surface area (Å²) in [5.74, 6) is -0.796. The van der Waals surface area contributed by atoms with E-state index in [1.54, 1.807) is 0 Å². The first-order valence-electron chi connectivity index (χ1n) is 12.9. The SMILES string of the molecule is CC(=O)OCCCC(=O)OC[C@H]1C[C@@]23C[C@@H](O)[C@@]4(O)[C@@H](C[C@H](O)C4(C)C)[C@@H](C)[C@@H]2CC[C@@H]1[C@H]3O. The molecule has 4 aliphatic rings. The summed E-state index contributed by atoms with van der Waals surface area (Å²) < 4.78 is 10.4. The molecule has 10 atom stereocenters. The predicted octanol–water partition coefficient (Wildman–Crippen LogP) is 1.81. The van der Waals surface area contributed by atoms with Crippen LogP contribution in [0.3, 0.4) is 0 Å². The summed E-state index contributed by atoms with van der Waals surface area (Å²) >= 11 is 0. The second kappa shape index (κ2) is 9.02. The second-order valence-corrected chi connectivity index (χ2v) is 12.1. The number of rotatable bonds is 6. The molecule has 0 radical (unpaired) electrons. The van der Waals surface area contributed by atoms with Gasteiger partial charge in [0.2, 0.25) is 0 Å². The van der Waals surface area contributed by atoms with Crippen molar-refractivity contribution in [2.45, 2.75) is 96.6 Å². The zero-order chi connectivity index (χ0) is 25.1. The lowest BCUT2D eigenvalue weighted by molar-refractivity contribution is -0.178. The molecule has 8 heteroatoms. The maximum Gasteiger partial charge on any atom is 0.305 e. The molecule has 0 amide bonds. The molecule has 0 unspecified atom stereocenters. The highest BCUT2D eigenvalue weighted by atomic mass is 16.5. The largest absolute Gasteiger partial charge is 0.466 e. The van der Waals surface area contributed by atoms with E-state index in [0.717, 1.165) is 12.8 Å². The van der Waals surface area contributed by atoms with Crippen LogP contribution >= 0.6 is 0 Å². The first-order valence-corrected chi connectivity index (χ1v) is 12.9. The highest BCUT2D eigenvalue weighted by Crippen LogP contribution is 2.68. The standard InChI is InChI=1S/C26H42O8/c1-14-18-8-7-17-16(13-34-22(30)6-5-9-33-15(2)27)11-25(18,23(17)31)12-21(29)26(32)19(14)10-20(28)24(26,3)4/h14,16-21,23,28-29,31-32H,5-13H2,1-4H3/t14-,16+,17-,18-,19-,20-,21+,23+,25+,26-/m0/s1. The normalized spacial score (nSPS) is 46.8. The third-order valence-corrected chi connectivity index (χ3v) is 10.3. The molecule has 4 fully saturated rings. The molecule has 0 aromatic heterocycles. The Bertz CT molecular complexity index is 798. The maximum atomic E-state index is 12.2. The second-order valence-electron chi connectivity index (χ2n) is 12.1. The molecule has 4 N–H and O–H groups in total. The van der Waals surface area contributed by atoms with Crippen molar-refractivity contribution in [1.82, 2.24) is 0 Å². The predicted molar refractivity (Wildman–Crippen MR) is 122 cm³/mol. The van der Waals surface area contributed by atoms with E-state index >= 15 is 0 Å². The molecule has 4 rings (SSSR count). The number of carbonyl (C=O) groups is 2. The lowest BCUT2D eigenvalue weighted by Crippen LogP contribution is -2.57. The highest BCUT2D eigenvalue weighted by molar-refractivity contribution is 5.69. The minimum atomic E-state index is -1.42. The Morgan fingerprint density at radius 1 is 1.00 bits per heavy atom. The van der Waals surface area contributed by atoms with E-state index in [0.29, 0.717) is 19.3 Å². The van der Waals surface area contributed by atoms with Crippen LogP contribution in [0, 0.1) is 40.4 Å². The molecule has 0 aromatic rings. The van der Waals surface area contributed by atoms with Crippen molar-refractivity contribution in [3.05, 3.63) is 0 Å². The summed E-state index contributed by atoms with van der Waals surface area (Å²) in [6.07, 6.45) is 1.32. The summed E-state index contributed by atoms with van der Waals surface area (Å²) in [5, 5.41) is 45.6. The molecule has 194 valence electrons. The van der Waals surface area contributed by atoms with Gasteiger partial charge in [-0.1, -0.05) is 20.8 Å². The van der Waals surface area contributed by atoms with Gasteiger partial charge in [0.25, 0.3) is 0 Å². The minimum Gasteiger partial charge on any atom is -0.466 e. The Kier molecular flexibility index (Phi) is 6.86. The molecule has 0 heterocycles. The lowest BCUT2D eigenvalue weighted by Gasteiger charge is -2.47. The molecule has 4 aliphatic carbocycles. The van der Waals surface area contributed by atoms with Crippen molar-refractivity contribution in [2.24, 2.45) is 40.4 Å². The third-order valence-electron chi connectivity index (χ3n) is 10.3. The molecule has 0 aromatic carbocycles. The Balaban J connectivity index is 1.48. The van der Waals surface area contributed by atoms with Crippen LogP contribution in [0.25, 0.3) is 0 Å². The zero-order valence-corrected chi connectivity index (χ0v) is 20.9. The maximum absolute atomic E-state index is 12.2. The molecular formula is C26H42O8. The summed E-state index contributed by atoms with van der Waals surface area (Å²) in [6.45, 7) is 7.51. The van der Waals surface area contributed by atoms with Crippen LogP contribution in [0.5, 0.6) is 0 Å². The first kappa shape index (κ1) is 25.9. The van der Waals surface area contributed by atoms with Gasteiger partial charge in [-0.25, -0.2) is 0 Å². The van der Waals surface area contributed by atoms with Crippen LogP contribution in [-0.4, -0.2) is 69.5 Å². The minimum absolute atomic E-state index is 0.00278. The van der Waals surface area contributed by atoms with Gasteiger partial charge in [-0.3, -0.25) is 9.59 Å². The summed E-state index contributed by atoms with van der Waals surface area (Å²) in [5.41, 5.74) is -2.80. The number of ether oxygens (including phenoxy) is 2. The molecule has 1 spiro atoms. The average Bonchev–Trinajstić information content (AvgIpc) is 3.01. The Morgan fingerprint density at radius 2 is 1.71 bits per heavy atom. The fourth-order valence-electron chi connectivity index (χ4n) is 8.44. The number of aliphatic hydroxyl groups is 4. The molecule has 2 bridgehead atoms. The molecule has 0 aliphatic heterocycles. The van der Waals surface area contributed by atoms with Crippen LogP contribution in [0.4, 0.5) is 0 Å². The topological polar surface area (TPSA) is 134 Å². The van der Waals surface area contributed by atoms with Gasteiger partial charge in [-0.2, -0.15) is 0 Å². The summed E-state index contributed by atoms with van der Waals surface area (Å²) in [6, 6.07) is 0. The van der Waals surface area contributed by atoms with Crippen molar-refractivity contribution in [2.75, 3.05) is 13.2 Å². The number of fused-ring (bicyclic) bond motifs is 2. The van der Waals surface area contributed by atoms with E-state index in [-0.39, 0.29) is 67.6 Å². The number of hydrogen-bond donors (Lipinski definition) is 4. The molecular weight excluding hydrogens is 440 g/mol. The van der Waals surface area contributed by atoms with E-state index < -0.39 is 34.7 Å². The van der Waals surface area contributed by atoms with Crippen LogP contribution in [-0.2, 0) is 19.1 Å². The summed E-state index contributed by atoms with van der Waals surface area (Å²) in [7, 11) is 0. The fraction of sp³-hybridized carbons (Fsp3) is 0.923. The quantitative estimate of drug-likeness (QED) is 0.333. The first-order chi connectivity index (χ1) is 15.9. The van der Waals surface area contributed by atoms with E-state index in [9.17, 15) is 30.0 Å². The zero-order valence-electron chi connectivity index (χ0n) is 20.9. The van der Waals surface area contributed by atoms with Gasteiger partial charge >= 0.3 is 11.9 Å². The molecule has 8 nitrogen and oxygen atoms in total. The van der Waals surface area contributed by atoms with Crippen molar-refractivity contribution < 1.29 is 39.5 Å². The van der Waals surface area contributed by atoms with Crippen LogP contribution < -0.4 is 0 Å². The van der Waals surface area contributed by atoms with Gasteiger partial charge in [0, 0.05) is 24.2 Å². The van der Waals surface area contributed by atoms with E-state index in [2.05, 4.69) is 6.92 Å². The van der Waals surface area contributed by atoms with Gasteiger partial charge < -0.3 is 29.9 Å². The van der Waals surface area contributed by atoms with E-state index in [1.807, 2.05) is 13.8 Å². The highest BCUT2D eigenvalue weighted by Gasteiger charge is 2.71. The summed E-state index contributed by atoms with van der Waals surface area (Å²) in [4.78, 5) is 23.1. The molecule has 4 saturated carbocycles.